The first-order valence-electron chi connectivity index (χ1n) is 5.56. The third kappa shape index (κ3) is 3.56. The maximum Gasteiger partial charge on any atom is 0.319 e. The Morgan fingerprint density at radius 3 is 2.89 bits per heavy atom. The summed E-state index contributed by atoms with van der Waals surface area (Å²) in [5, 5.41) is 15.8. The van der Waals surface area contributed by atoms with E-state index < -0.39 is 11.0 Å². The number of nitrogens with one attached hydrogen (secondary N) is 3. The van der Waals surface area contributed by atoms with Gasteiger partial charge in [-0.3, -0.25) is 10.1 Å². The molecule has 7 nitrogen and oxygen atoms in total. The molecule has 1 aromatic heterocycles. The largest absolute Gasteiger partial charge is 0.367 e. The molecular weight excluding hydrogens is 248 g/mol. The summed E-state index contributed by atoms with van der Waals surface area (Å²) in [4.78, 5) is 24.5. The van der Waals surface area contributed by atoms with Crippen molar-refractivity contribution in [3.8, 4) is 0 Å². The van der Waals surface area contributed by atoms with Crippen molar-refractivity contribution in [2.45, 2.75) is 6.54 Å². The predicted molar refractivity (Wildman–Crippen MR) is 69.7 cm³/mol. The Kier molecular flexibility index (Phi) is 3.77. The zero-order valence-electron chi connectivity index (χ0n) is 9.92. The number of non-ortho nitro benzene ring substituents is 1. The van der Waals surface area contributed by atoms with E-state index in [2.05, 4.69) is 15.6 Å². The van der Waals surface area contributed by atoms with E-state index in [9.17, 15) is 14.9 Å². The van der Waals surface area contributed by atoms with Crippen molar-refractivity contribution in [3.63, 3.8) is 0 Å². The van der Waals surface area contributed by atoms with Gasteiger partial charge in [0.1, 0.15) is 0 Å². The van der Waals surface area contributed by atoms with E-state index in [-0.39, 0.29) is 5.69 Å². The molecular formula is C12H12N4O3. The summed E-state index contributed by atoms with van der Waals surface area (Å²) in [7, 11) is 0. The summed E-state index contributed by atoms with van der Waals surface area (Å²) in [6.07, 6.45) is 3.53. The van der Waals surface area contributed by atoms with Crippen LogP contribution in [0.2, 0.25) is 0 Å². The molecule has 0 fully saturated rings. The Bertz CT molecular complexity index is 580. The van der Waals surface area contributed by atoms with Crippen LogP contribution in [0.4, 0.5) is 16.2 Å². The Morgan fingerprint density at radius 1 is 1.37 bits per heavy atom. The number of carbonyl (C=O) groups excluding carboxylic acids is 1. The van der Waals surface area contributed by atoms with E-state index >= 15 is 0 Å². The molecule has 0 aliphatic carbocycles. The molecule has 19 heavy (non-hydrogen) atoms. The molecule has 0 saturated carbocycles. The monoisotopic (exact) mass is 260 g/mol. The summed E-state index contributed by atoms with van der Waals surface area (Å²) in [5.74, 6) is 0. The van der Waals surface area contributed by atoms with Crippen molar-refractivity contribution in [1.82, 2.24) is 10.3 Å². The highest BCUT2D eigenvalue weighted by atomic mass is 16.6. The number of amides is 2. The summed E-state index contributed by atoms with van der Waals surface area (Å²) in [6, 6.07) is 7.19. The summed E-state index contributed by atoms with van der Waals surface area (Å²) in [6.45, 7) is 0.379. The zero-order chi connectivity index (χ0) is 13.7. The first-order valence-corrected chi connectivity index (χ1v) is 5.56. The van der Waals surface area contributed by atoms with Crippen LogP contribution in [0.3, 0.4) is 0 Å². The highest BCUT2D eigenvalue weighted by molar-refractivity contribution is 5.89. The van der Waals surface area contributed by atoms with Crippen LogP contribution in [-0.2, 0) is 6.54 Å². The number of urea groups is 1. The average molecular weight is 260 g/mol. The highest BCUT2D eigenvalue weighted by Crippen LogP contribution is 2.16. The first-order chi connectivity index (χ1) is 9.15. The van der Waals surface area contributed by atoms with E-state index in [1.54, 1.807) is 18.5 Å². The standard InChI is InChI=1S/C12H12N4O3/c17-12(14-8-9-4-5-13-7-9)15-10-2-1-3-11(6-10)16(18)19/h1-7,13H,8H2,(H2,14,15,17). The second kappa shape index (κ2) is 5.67. The molecule has 3 N–H and O–H groups in total. The van der Waals surface area contributed by atoms with Gasteiger partial charge in [-0.05, 0) is 17.7 Å². The van der Waals surface area contributed by atoms with Crippen LogP contribution in [0, 0.1) is 10.1 Å². The molecule has 98 valence electrons. The van der Waals surface area contributed by atoms with Crippen molar-refractivity contribution >= 4 is 17.4 Å². The van der Waals surface area contributed by atoms with E-state index in [4.69, 9.17) is 0 Å². The molecule has 2 aromatic rings. The number of aromatic amines is 1. The number of aromatic nitrogens is 1. The minimum atomic E-state index is -0.511. The Balaban J connectivity index is 1.91. The van der Waals surface area contributed by atoms with Crippen molar-refractivity contribution < 1.29 is 9.72 Å². The van der Waals surface area contributed by atoms with E-state index in [0.717, 1.165) is 5.56 Å². The van der Waals surface area contributed by atoms with Crippen LogP contribution in [0.5, 0.6) is 0 Å². The normalized spacial score (nSPS) is 9.89. The van der Waals surface area contributed by atoms with Crippen LogP contribution in [0.1, 0.15) is 5.56 Å². The van der Waals surface area contributed by atoms with Gasteiger partial charge in [0.05, 0.1) is 4.92 Å². The van der Waals surface area contributed by atoms with E-state index in [0.29, 0.717) is 12.2 Å². The van der Waals surface area contributed by atoms with Crippen molar-refractivity contribution in [2.24, 2.45) is 0 Å². The van der Waals surface area contributed by atoms with Gasteiger partial charge >= 0.3 is 6.03 Å². The zero-order valence-corrected chi connectivity index (χ0v) is 9.92. The smallest absolute Gasteiger partial charge is 0.319 e. The predicted octanol–water partition coefficient (Wildman–Crippen LogP) is 2.24. The van der Waals surface area contributed by atoms with Gasteiger partial charge in [-0.2, -0.15) is 0 Å². The SMILES string of the molecule is O=C(NCc1cc[nH]c1)Nc1cccc([N+](=O)[O-])c1. The number of nitro groups is 1. The fourth-order valence-electron chi connectivity index (χ4n) is 1.52. The van der Waals surface area contributed by atoms with Gasteiger partial charge in [-0.15, -0.1) is 0 Å². The number of hydrogen-bond acceptors (Lipinski definition) is 3. The number of anilines is 1. The number of nitrogens with zero attached hydrogens (tertiary/aromatic N) is 1. The number of benzene rings is 1. The van der Waals surface area contributed by atoms with E-state index in [1.807, 2.05) is 6.07 Å². The Hall–Kier alpha value is -2.83. The second-order valence-corrected chi connectivity index (χ2v) is 3.83. The maximum absolute atomic E-state index is 11.6. The molecule has 7 heteroatoms. The Labute approximate surface area is 108 Å². The number of H-pyrrole nitrogens is 1. The molecule has 0 unspecified atom stereocenters. The summed E-state index contributed by atoms with van der Waals surface area (Å²) < 4.78 is 0. The number of nitro benzene ring substituents is 1. The van der Waals surface area contributed by atoms with Gasteiger partial charge < -0.3 is 15.6 Å². The molecule has 2 amide bonds. The minimum Gasteiger partial charge on any atom is -0.367 e. The molecule has 1 aromatic carbocycles. The fourth-order valence-corrected chi connectivity index (χ4v) is 1.52. The highest BCUT2D eigenvalue weighted by Gasteiger charge is 2.07. The number of hydrogen-bond donors (Lipinski definition) is 3. The van der Waals surface area contributed by atoms with Crippen molar-refractivity contribution in [3.05, 3.63) is 58.4 Å². The third-order valence-corrected chi connectivity index (χ3v) is 2.43. The molecule has 0 radical (unpaired) electrons. The molecule has 1 heterocycles. The maximum atomic E-state index is 11.6. The molecule has 0 aliphatic rings. The topological polar surface area (TPSA) is 100 Å². The second-order valence-electron chi connectivity index (χ2n) is 3.83. The lowest BCUT2D eigenvalue weighted by Gasteiger charge is -2.06. The molecule has 0 bridgehead atoms. The van der Waals surface area contributed by atoms with Gasteiger partial charge in [-0.25, -0.2) is 4.79 Å². The Morgan fingerprint density at radius 2 is 2.21 bits per heavy atom. The molecule has 0 atom stereocenters. The van der Waals surface area contributed by atoms with Gasteiger partial charge in [0, 0.05) is 36.8 Å². The first kappa shape index (κ1) is 12.6. The lowest BCUT2D eigenvalue weighted by atomic mass is 10.3. The van der Waals surface area contributed by atoms with Crippen molar-refractivity contribution in [2.75, 3.05) is 5.32 Å². The number of rotatable bonds is 4. The number of carbonyl (C=O) groups is 1. The van der Waals surface area contributed by atoms with Gasteiger partial charge in [-0.1, -0.05) is 6.07 Å². The lowest BCUT2D eigenvalue weighted by Crippen LogP contribution is -2.27. The molecule has 0 spiro atoms. The van der Waals surface area contributed by atoms with E-state index in [1.165, 1.54) is 18.2 Å². The molecule has 2 rings (SSSR count). The quantitative estimate of drug-likeness (QED) is 0.580. The fraction of sp³-hybridized carbons (Fsp3) is 0.0833. The van der Waals surface area contributed by atoms with Gasteiger partial charge in [0.25, 0.3) is 5.69 Å². The van der Waals surface area contributed by atoms with Crippen LogP contribution in [0.25, 0.3) is 0 Å². The minimum absolute atomic E-state index is 0.0663. The van der Waals surface area contributed by atoms with Crippen LogP contribution in [0.15, 0.2) is 42.7 Å². The van der Waals surface area contributed by atoms with Gasteiger partial charge in [0.15, 0.2) is 0 Å². The third-order valence-electron chi connectivity index (χ3n) is 2.43. The van der Waals surface area contributed by atoms with Crippen LogP contribution >= 0.6 is 0 Å². The average Bonchev–Trinajstić information content (AvgIpc) is 2.90. The molecule has 0 saturated heterocycles. The van der Waals surface area contributed by atoms with Gasteiger partial charge in [0.2, 0.25) is 0 Å². The summed E-state index contributed by atoms with van der Waals surface area (Å²) in [5.41, 5.74) is 1.25. The lowest BCUT2D eigenvalue weighted by molar-refractivity contribution is -0.384. The van der Waals surface area contributed by atoms with Crippen LogP contribution < -0.4 is 10.6 Å². The molecule has 0 aliphatic heterocycles. The van der Waals surface area contributed by atoms with Crippen LogP contribution in [-0.4, -0.2) is 15.9 Å². The van der Waals surface area contributed by atoms with Crippen molar-refractivity contribution in [1.29, 1.82) is 0 Å². The summed E-state index contributed by atoms with van der Waals surface area (Å²) >= 11 is 0.